The minimum Gasteiger partial charge on any atom is -0.506 e. The van der Waals surface area contributed by atoms with Crippen molar-refractivity contribution >= 4 is 22.5 Å². The summed E-state index contributed by atoms with van der Waals surface area (Å²) in [6, 6.07) is 12.0. The summed E-state index contributed by atoms with van der Waals surface area (Å²) >= 11 is 6.00. The zero-order valence-corrected chi connectivity index (χ0v) is 16.5. The SMILES string of the molecule is CC(C)COc1ccc(-c2noc(-c3c(O)c4cc(Cl)ccc4[nH]c3=O)n2)cc1. The summed E-state index contributed by atoms with van der Waals surface area (Å²) in [4.78, 5) is 19.4. The number of fused-ring (bicyclic) bond motifs is 1. The van der Waals surface area contributed by atoms with Crippen molar-refractivity contribution in [3.63, 3.8) is 0 Å². The molecule has 2 aromatic heterocycles. The number of ether oxygens (including phenoxy) is 1. The standard InChI is InChI=1S/C21H18ClN3O4/c1-11(2)10-28-14-6-3-12(4-7-14)19-24-21(29-25-19)17-18(26)15-9-13(22)5-8-16(15)23-20(17)27/h3-9,11H,10H2,1-2H3,(H2,23,26,27). The van der Waals surface area contributed by atoms with Crippen LogP contribution in [0.2, 0.25) is 5.02 Å². The van der Waals surface area contributed by atoms with Gasteiger partial charge in [-0.3, -0.25) is 4.79 Å². The summed E-state index contributed by atoms with van der Waals surface area (Å²) in [7, 11) is 0. The first kappa shape index (κ1) is 19.0. The van der Waals surface area contributed by atoms with Gasteiger partial charge in [-0.25, -0.2) is 0 Å². The largest absolute Gasteiger partial charge is 0.506 e. The number of pyridine rings is 1. The Hall–Kier alpha value is -3.32. The smallest absolute Gasteiger partial charge is 0.267 e. The van der Waals surface area contributed by atoms with Crippen molar-refractivity contribution in [2.45, 2.75) is 13.8 Å². The van der Waals surface area contributed by atoms with Crippen LogP contribution < -0.4 is 10.3 Å². The molecule has 0 saturated carbocycles. The maximum absolute atomic E-state index is 12.5. The van der Waals surface area contributed by atoms with Crippen molar-refractivity contribution < 1.29 is 14.4 Å². The van der Waals surface area contributed by atoms with Crippen LogP contribution in [0.3, 0.4) is 0 Å². The van der Waals surface area contributed by atoms with Crippen molar-refractivity contribution in [3.8, 4) is 34.3 Å². The number of aromatic hydroxyl groups is 1. The van der Waals surface area contributed by atoms with Crippen molar-refractivity contribution in [3.05, 3.63) is 57.8 Å². The molecule has 0 bridgehead atoms. The molecule has 7 nitrogen and oxygen atoms in total. The van der Waals surface area contributed by atoms with Crippen molar-refractivity contribution in [1.29, 1.82) is 0 Å². The third kappa shape index (κ3) is 3.82. The van der Waals surface area contributed by atoms with E-state index >= 15 is 0 Å². The van der Waals surface area contributed by atoms with E-state index < -0.39 is 5.56 Å². The maximum atomic E-state index is 12.5. The molecule has 2 N–H and O–H groups in total. The molecule has 0 fully saturated rings. The lowest BCUT2D eigenvalue weighted by Crippen LogP contribution is -2.09. The van der Waals surface area contributed by atoms with E-state index in [1.807, 2.05) is 12.1 Å². The number of nitrogens with zero attached hydrogens (tertiary/aromatic N) is 2. The highest BCUT2D eigenvalue weighted by molar-refractivity contribution is 6.31. The highest BCUT2D eigenvalue weighted by Crippen LogP contribution is 2.33. The second-order valence-electron chi connectivity index (χ2n) is 7.02. The molecule has 0 amide bonds. The molecule has 0 aliphatic heterocycles. The van der Waals surface area contributed by atoms with E-state index in [2.05, 4.69) is 29.0 Å². The van der Waals surface area contributed by atoms with Gasteiger partial charge in [0.15, 0.2) is 0 Å². The summed E-state index contributed by atoms with van der Waals surface area (Å²) < 4.78 is 10.9. The Bertz CT molecular complexity index is 1230. The fourth-order valence-corrected chi connectivity index (χ4v) is 3.02. The number of hydrogen-bond acceptors (Lipinski definition) is 6. The van der Waals surface area contributed by atoms with Crippen LogP contribution in [0, 0.1) is 5.92 Å². The number of hydrogen-bond donors (Lipinski definition) is 2. The van der Waals surface area contributed by atoms with Gasteiger partial charge in [0.05, 0.1) is 12.1 Å². The van der Waals surface area contributed by atoms with E-state index in [1.54, 1.807) is 30.3 Å². The minimum atomic E-state index is -0.537. The van der Waals surface area contributed by atoms with Crippen LogP contribution in [-0.2, 0) is 0 Å². The molecule has 148 valence electrons. The molecule has 4 rings (SSSR count). The molecule has 8 heteroatoms. The highest BCUT2D eigenvalue weighted by atomic mass is 35.5. The number of benzene rings is 2. The zero-order chi connectivity index (χ0) is 20.5. The molecule has 0 aliphatic rings. The van der Waals surface area contributed by atoms with Crippen molar-refractivity contribution in [1.82, 2.24) is 15.1 Å². The van der Waals surface area contributed by atoms with E-state index in [0.29, 0.717) is 39.8 Å². The molecule has 29 heavy (non-hydrogen) atoms. The fraction of sp³-hybridized carbons (Fsp3) is 0.190. The van der Waals surface area contributed by atoms with E-state index in [-0.39, 0.29) is 17.2 Å². The number of nitrogens with one attached hydrogen (secondary N) is 1. The lowest BCUT2D eigenvalue weighted by atomic mass is 10.1. The average molecular weight is 412 g/mol. The number of H-pyrrole nitrogens is 1. The van der Waals surface area contributed by atoms with Gasteiger partial charge in [0.2, 0.25) is 5.82 Å². The molecule has 0 saturated heterocycles. The summed E-state index contributed by atoms with van der Waals surface area (Å²) in [5.41, 5.74) is 0.509. The Morgan fingerprint density at radius 1 is 1.21 bits per heavy atom. The van der Waals surface area contributed by atoms with Crippen molar-refractivity contribution in [2.75, 3.05) is 6.61 Å². The third-order valence-electron chi connectivity index (χ3n) is 4.28. The molecule has 2 aromatic carbocycles. The Labute approximate surface area is 170 Å². The number of aromatic amines is 1. The predicted molar refractivity (Wildman–Crippen MR) is 110 cm³/mol. The van der Waals surface area contributed by atoms with Gasteiger partial charge in [-0.15, -0.1) is 0 Å². The van der Waals surface area contributed by atoms with Gasteiger partial charge in [-0.1, -0.05) is 30.6 Å². The fourth-order valence-electron chi connectivity index (χ4n) is 2.85. The van der Waals surface area contributed by atoms with Crippen LogP contribution >= 0.6 is 11.6 Å². The molecule has 0 unspecified atom stereocenters. The molecular weight excluding hydrogens is 394 g/mol. The van der Waals surface area contributed by atoms with E-state index in [0.717, 1.165) is 5.75 Å². The number of rotatable bonds is 5. The molecule has 0 spiro atoms. The van der Waals surface area contributed by atoms with Gasteiger partial charge in [0.1, 0.15) is 17.1 Å². The lowest BCUT2D eigenvalue weighted by molar-refractivity contribution is 0.271. The first-order chi connectivity index (χ1) is 13.9. The average Bonchev–Trinajstić information content (AvgIpc) is 3.17. The zero-order valence-electron chi connectivity index (χ0n) is 15.8. The Kier molecular flexibility index (Phi) is 4.98. The molecule has 2 heterocycles. The van der Waals surface area contributed by atoms with Crippen LogP contribution in [0.4, 0.5) is 0 Å². The van der Waals surface area contributed by atoms with Gasteiger partial charge >= 0.3 is 0 Å². The first-order valence-corrected chi connectivity index (χ1v) is 9.42. The predicted octanol–water partition coefficient (Wildman–Crippen LogP) is 4.64. The summed E-state index contributed by atoms with van der Waals surface area (Å²) in [5, 5.41) is 15.4. The molecule has 0 aliphatic carbocycles. The van der Waals surface area contributed by atoms with Crippen LogP contribution in [0.15, 0.2) is 51.8 Å². The second kappa shape index (κ2) is 7.60. The minimum absolute atomic E-state index is 0.0826. The third-order valence-corrected chi connectivity index (χ3v) is 4.52. The maximum Gasteiger partial charge on any atom is 0.267 e. The highest BCUT2D eigenvalue weighted by Gasteiger charge is 2.20. The van der Waals surface area contributed by atoms with Gasteiger partial charge < -0.3 is 19.4 Å². The van der Waals surface area contributed by atoms with Crippen LogP contribution in [0.5, 0.6) is 11.5 Å². The van der Waals surface area contributed by atoms with Gasteiger partial charge in [0, 0.05) is 16.0 Å². The molecular formula is C21H18ClN3O4. The number of halogens is 1. The van der Waals surface area contributed by atoms with Crippen LogP contribution in [0.1, 0.15) is 13.8 Å². The van der Waals surface area contributed by atoms with Crippen LogP contribution in [-0.4, -0.2) is 26.8 Å². The van der Waals surface area contributed by atoms with Gasteiger partial charge in [-0.2, -0.15) is 4.98 Å². The Morgan fingerprint density at radius 2 is 1.97 bits per heavy atom. The topological polar surface area (TPSA) is 101 Å². The summed E-state index contributed by atoms with van der Waals surface area (Å²) in [6.45, 7) is 4.78. The monoisotopic (exact) mass is 411 g/mol. The van der Waals surface area contributed by atoms with Crippen molar-refractivity contribution in [2.24, 2.45) is 5.92 Å². The van der Waals surface area contributed by atoms with Gasteiger partial charge in [0.25, 0.3) is 11.4 Å². The van der Waals surface area contributed by atoms with E-state index in [9.17, 15) is 9.90 Å². The summed E-state index contributed by atoms with van der Waals surface area (Å²) in [6.07, 6.45) is 0. The quantitative estimate of drug-likeness (QED) is 0.496. The first-order valence-electron chi connectivity index (χ1n) is 9.04. The molecule has 0 atom stereocenters. The summed E-state index contributed by atoms with van der Waals surface area (Å²) in [5.74, 6) is 1.11. The van der Waals surface area contributed by atoms with E-state index in [4.69, 9.17) is 20.9 Å². The Morgan fingerprint density at radius 3 is 2.69 bits per heavy atom. The molecule has 4 aromatic rings. The molecule has 0 radical (unpaired) electrons. The van der Waals surface area contributed by atoms with Gasteiger partial charge in [-0.05, 0) is 48.4 Å². The normalized spacial score (nSPS) is 11.3. The number of aromatic nitrogens is 3. The lowest BCUT2D eigenvalue weighted by Gasteiger charge is -2.08. The van der Waals surface area contributed by atoms with E-state index in [1.165, 1.54) is 0 Å². The van der Waals surface area contributed by atoms with Crippen LogP contribution in [0.25, 0.3) is 33.7 Å². The second-order valence-corrected chi connectivity index (χ2v) is 7.46. The Balaban J connectivity index is 1.68.